The number of H-pyrrole nitrogens is 1. The quantitative estimate of drug-likeness (QED) is 0.531. The summed E-state index contributed by atoms with van der Waals surface area (Å²) in [5, 5.41) is 10.4. The summed E-state index contributed by atoms with van der Waals surface area (Å²) in [5.41, 5.74) is 5.76. The Morgan fingerprint density at radius 2 is 1.88 bits per heavy atom. The molecule has 0 radical (unpaired) electrons. The van der Waals surface area contributed by atoms with E-state index in [0.717, 1.165) is 17.5 Å². The van der Waals surface area contributed by atoms with Gasteiger partial charge < -0.3 is 10.1 Å². The number of rotatable bonds is 5. The minimum absolute atomic E-state index is 0.108. The Morgan fingerprint density at radius 3 is 2.53 bits per heavy atom. The number of benzene rings is 2. The molecule has 4 nitrogen and oxygen atoms in total. The summed E-state index contributed by atoms with van der Waals surface area (Å²) < 4.78 is 39.2. The van der Waals surface area contributed by atoms with E-state index in [9.17, 15) is 23.1 Å². The summed E-state index contributed by atoms with van der Waals surface area (Å²) in [6, 6.07) is 10.8. The molecule has 1 aliphatic heterocycles. The van der Waals surface area contributed by atoms with Crippen molar-refractivity contribution in [2.75, 3.05) is 19.6 Å². The van der Waals surface area contributed by atoms with E-state index in [2.05, 4.69) is 31.0 Å². The number of halogens is 3. The summed E-state index contributed by atoms with van der Waals surface area (Å²) >= 11 is 0. The van der Waals surface area contributed by atoms with Crippen molar-refractivity contribution in [3.05, 3.63) is 70.4 Å². The van der Waals surface area contributed by atoms with Gasteiger partial charge in [0.05, 0.1) is 12.1 Å². The van der Waals surface area contributed by atoms with Crippen molar-refractivity contribution in [3.8, 4) is 0 Å². The molecule has 0 amide bonds. The maximum absolute atomic E-state index is 13.1. The third kappa shape index (κ3) is 4.67. The van der Waals surface area contributed by atoms with E-state index in [-0.39, 0.29) is 17.4 Å². The van der Waals surface area contributed by atoms with Crippen LogP contribution >= 0.6 is 0 Å². The minimum atomic E-state index is -4.24. The number of carbonyl (C=O) groups is 1. The van der Waals surface area contributed by atoms with Gasteiger partial charge in [0, 0.05) is 23.6 Å². The van der Waals surface area contributed by atoms with Gasteiger partial charge >= 0.3 is 12.1 Å². The number of nitrogens with zero attached hydrogens (tertiary/aromatic N) is 1. The van der Waals surface area contributed by atoms with Crippen LogP contribution in [0, 0.1) is 19.8 Å². The number of hydrogen-bond acceptors (Lipinski definition) is 2. The average molecular weight is 444 g/mol. The minimum Gasteiger partial charge on any atom is -0.478 e. The Bertz CT molecular complexity index is 1120. The second-order valence-electron chi connectivity index (χ2n) is 8.89. The van der Waals surface area contributed by atoms with Crippen molar-refractivity contribution in [1.82, 2.24) is 9.88 Å². The van der Waals surface area contributed by atoms with Crippen LogP contribution in [0.15, 0.2) is 42.6 Å². The topological polar surface area (TPSA) is 56.3 Å². The van der Waals surface area contributed by atoms with E-state index < -0.39 is 18.7 Å². The predicted octanol–water partition coefficient (Wildman–Crippen LogP) is 5.69. The molecule has 0 aliphatic carbocycles. The van der Waals surface area contributed by atoms with E-state index in [1.165, 1.54) is 27.0 Å². The maximum atomic E-state index is 13.1. The fourth-order valence-electron chi connectivity index (χ4n) is 5.14. The zero-order chi connectivity index (χ0) is 23.0. The number of piperidine rings is 1. The summed E-state index contributed by atoms with van der Waals surface area (Å²) in [4.78, 5) is 16.0. The van der Waals surface area contributed by atoms with Crippen molar-refractivity contribution in [2.45, 2.75) is 38.8 Å². The fourth-order valence-corrected chi connectivity index (χ4v) is 5.14. The summed E-state index contributed by atoms with van der Waals surface area (Å²) in [5.74, 6) is -0.959. The van der Waals surface area contributed by atoms with Crippen LogP contribution in [0.2, 0.25) is 0 Å². The Morgan fingerprint density at radius 1 is 1.16 bits per heavy atom. The zero-order valence-corrected chi connectivity index (χ0v) is 18.2. The fraction of sp³-hybridized carbons (Fsp3) is 0.400. The summed E-state index contributed by atoms with van der Waals surface area (Å²) in [7, 11) is 0. The number of aromatic amines is 1. The highest BCUT2D eigenvalue weighted by molar-refractivity contribution is 5.88. The molecule has 2 heterocycles. The SMILES string of the molecule is Cc1cc(C)c2[nH]ccc2c1CC1CCN(CC(F)(F)F)CC1c1ccc(C(=O)O)cc1. The average Bonchev–Trinajstić information content (AvgIpc) is 3.21. The van der Waals surface area contributed by atoms with Crippen molar-refractivity contribution in [2.24, 2.45) is 5.92 Å². The van der Waals surface area contributed by atoms with E-state index in [4.69, 9.17) is 0 Å². The highest BCUT2D eigenvalue weighted by Gasteiger charge is 2.37. The van der Waals surface area contributed by atoms with Crippen LogP contribution in [0.4, 0.5) is 13.2 Å². The lowest BCUT2D eigenvalue weighted by Crippen LogP contribution is -2.44. The van der Waals surface area contributed by atoms with Gasteiger partial charge in [0.1, 0.15) is 0 Å². The van der Waals surface area contributed by atoms with Gasteiger partial charge in [-0.05, 0) is 85.5 Å². The number of likely N-dealkylation sites (tertiary alicyclic amines) is 1. The monoisotopic (exact) mass is 444 g/mol. The van der Waals surface area contributed by atoms with E-state index in [1.807, 2.05) is 6.20 Å². The second-order valence-corrected chi connectivity index (χ2v) is 8.89. The number of alkyl halides is 3. The molecular formula is C25H27F3N2O2. The van der Waals surface area contributed by atoms with E-state index in [1.54, 1.807) is 24.3 Å². The molecule has 3 aromatic rings. The van der Waals surface area contributed by atoms with Crippen molar-refractivity contribution in [3.63, 3.8) is 0 Å². The van der Waals surface area contributed by atoms with Gasteiger partial charge in [-0.3, -0.25) is 4.90 Å². The van der Waals surface area contributed by atoms with Crippen molar-refractivity contribution in [1.29, 1.82) is 0 Å². The third-order valence-corrected chi connectivity index (χ3v) is 6.67. The van der Waals surface area contributed by atoms with E-state index in [0.29, 0.717) is 19.5 Å². The Kier molecular flexibility index (Phi) is 6.03. The number of carboxylic acid groups (broad SMARTS) is 1. The Balaban J connectivity index is 1.67. The molecule has 170 valence electrons. The van der Waals surface area contributed by atoms with Gasteiger partial charge in [0.15, 0.2) is 0 Å². The number of aromatic carboxylic acids is 1. The first kappa shape index (κ1) is 22.4. The highest BCUT2D eigenvalue weighted by atomic mass is 19.4. The molecular weight excluding hydrogens is 417 g/mol. The molecule has 7 heteroatoms. The van der Waals surface area contributed by atoms with Crippen molar-refractivity contribution < 1.29 is 23.1 Å². The standard InChI is InChI=1S/C25H27F3N2O2/c1-15-11-16(2)23-20(7-9-29-23)21(15)12-19-8-10-30(14-25(26,27)28)13-22(19)17-3-5-18(6-4-17)24(31)32/h3-7,9,11,19,22,29H,8,10,12-14H2,1-2H3,(H,31,32). The number of fused-ring (bicyclic) bond motifs is 1. The van der Waals surface area contributed by atoms with Gasteiger partial charge in [0.25, 0.3) is 0 Å². The largest absolute Gasteiger partial charge is 0.478 e. The molecule has 0 bridgehead atoms. The van der Waals surface area contributed by atoms with Crippen LogP contribution < -0.4 is 0 Å². The number of carboxylic acids is 1. The lowest BCUT2D eigenvalue weighted by Gasteiger charge is -2.39. The number of aryl methyl sites for hydroxylation is 2. The lowest BCUT2D eigenvalue weighted by atomic mass is 9.76. The first-order chi connectivity index (χ1) is 15.1. The van der Waals surface area contributed by atoms with Gasteiger partial charge in [0.2, 0.25) is 0 Å². The Labute approximate surface area is 185 Å². The van der Waals surface area contributed by atoms with Gasteiger partial charge in [-0.15, -0.1) is 0 Å². The van der Waals surface area contributed by atoms with Gasteiger partial charge in [-0.25, -0.2) is 4.79 Å². The molecule has 0 saturated carbocycles. The summed E-state index contributed by atoms with van der Waals surface area (Å²) in [6.07, 6.45) is -0.892. The lowest BCUT2D eigenvalue weighted by molar-refractivity contribution is -0.149. The molecule has 2 aromatic carbocycles. The van der Waals surface area contributed by atoms with Crippen LogP contribution in [0.25, 0.3) is 10.9 Å². The molecule has 1 aliphatic rings. The van der Waals surface area contributed by atoms with Crippen LogP contribution in [0.3, 0.4) is 0 Å². The second kappa shape index (κ2) is 8.62. The summed E-state index contributed by atoms with van der Waals surface area (Å²) in [6.45, 7) is 3.93. The van der Waals surface area contributed by atoms with Crippen LogP contribution in [-0.4, -0.2) is 46.8 Å². The van der Waals surface area contributed by atoms with Crippen LogP contribution in [0.1, 0.15) is 45.0 Å². The molecule has 32 heavy (non-hydrogen) atoms. The van der Waals surface area contributed by atoms with E-state index >= 15 is 0 Å². The first-order valence-electron chi connectivity index (χ1n) is 10.8. The smallest absolute Gasteiger partial charge is 0.401 e. The Hall–Kier alpha value is -2.80. The molecule has 1 aromatic heterocycles. The first-order valence-corrected chi connectivity index (χ1v) is 10.8. The zero-order valence-electron chi connectivity index (χ0n) is 18.2. The molecule has 4 rings (SSSR count). The molecule has 2 N–H and O–H groups in total. The van der Waals surface area contributed by atoms with Gasteiger partial charge in [-0.1, -0.05) is 18.2 Å². The van der Waals surface area contributed by atoms with Gasteiger partial charge in [-0.2, -0.15) is 13.2 Å². The van der Waals surface area contributed by atoms with Crippen molar-refractivity contribution >= 4 is 16.9 Å². The maximum Gasteiger partial charge on any atom is 0.401 e. The predicted molar refractivity (Wildman–Crippen MR) is 118 cm³/mol. The molecule has 2 atom stereocenters. The van der Waals surface area contributed by atoms with Crippen LogP contribution in [-0.2, 0) is 6.42 Å². The number of aromatic nitrogens is 1. The normalized spacial score (nSPS) is 20.0. The molecule has 1 saturated heterocycles. The number of nitrogens with one attached hydrogen (secondary N) is 1. The molecule has 0 spiro atoms. The molecule has 2 unspecified atom stereocenters. The number of hydrogen-bond donors (Lipinski definition) is 2. The third-order valence-electron chi connectivity index (χ3n) is 6.67. The molecule has 1 fully saturated rings. The highest BCUT2D eigenvalue weighted by Crippen LogP contribution is 2.38. The van der Waals surface area contributed by atoms with Crippen LogP contribution in [0.5, 0.6) is 0 Å².